The highest BCUT2D eigenvalue weighted by Gasteiger charge is 2.32. The minimum atomic E-state index is -4.41. The van der Waals surface area contributed by atoms with Crippen LogP contribution in [0.3, 0.4) is 0 Å². The number of pyridine rings is 1. The van der Waals surface area contributed by atoms with Gasteiger partial charge < -0.3 is 9.88 Å². The fourth-order valence-electron chi connectivity index (χ4n) is 3.30. The van der Waals surface area contributed by atoms with E-state index in [0.717, 1.165) is 23.1 Å². The molecule has 0 unspecified atom stereocenters. The Bertz CT molecular complexity index is 978. The summed E-state index contributed by atoms with van der Waals surface area (Å²) in [6, 6.07) is 10.9. The number of aryl methyl sites for hydroxylation is 1. The predicted octanol–water partition coefficient (Wildman–Crippen LogP) is 4.48. The van der Waals surface area contributed by atoms with Crippen molar-refractivity contribution in [1.29, 1.82) is 0 Å². The van der Waals surface area contributed by atoms with E-state index in [1.54, 1.807) is 24.5 Å². The fourth-order valence-corrected chi connectivity index (χ4v) is 3.30. The van der Waals surface area contributed by atoms with Crippen LogP contribution in [-0.4, -0.2) is 22.0 Å². The number of nitrogens with one attached hydrogen (secondary N) is 1. The molecule has 0 fully saturated rings. The summed E-state index contributed by atoms with van der Waals surface area (Å²) in [6.45, 7) is 3.83. The molecule has 28 heavy (non-hydrogen) atoms. The predicted molar refractivity (Wildman–Crippen MR) is 101 cm³/mol. The van der Waals surface area contributed by atoms with E-state index in [-0.39, 0.29) is 24.4 Å². The van der Waals surface area contributed by atoms with Crippen molar-refractivity contribution < 1.29 is 18.0 Å². The molecule has 3 aromatic rings. The zero-order valence-corrected chi connectivity index (χ0v) is 15.5. The molecule has 2 heterocycles. The minimum Gasteiger partial charge on any atom is -0.352 e. The van der Waals surface area contributed by atoms with E-state index in [4.69, 9.17) is 0 Å². The van der Waals surface area contributed by atoms with E-state index >= 15 is 0 Å². The second kappa shape index (κ2) is 7.88. The lowest BCUT2D eigenvalue weighted by Gasteiger charge is -2.13. The van der Waals surface area contributed by atoms with Gasteiger partial charge in [0.25, 0.3) is 5.91 Å². The van der Waals surface area contributed by atoms with Crippen LogP contribution in [0.1, 0.15) is 32.9 Å². The molecule has 0 spiro atoms. The first-order valence-corrected chi connectivity index (χ1v) is 8.81. The Balaban J connectivity index is 1.72. The third-order valence-corrected chi connectivity index (χ3v) is 4.58. The Morgan fingerprint density at radius 1 is 1.14 bits per heavy atom. The van der Waals surface area contributed by atoms with Crippen LogP contribution in [0.4, 0.5) is 13.2 Å². The lowest BCUT2D eigenvalue weighted by Crippen LogP contribution is -2.26. The van der Waals surface area contributed by atoms with Crippen molar-refractivity contribution in [2.45, 2.75) is 26.4 Å². The first-order valence-electron chi connectivity index (χ1n) is 8.81. The second-order valence-electron chi connectivity index (χ2n) is 6.49. The second-order valence-corrected chi connectivity index (χ2v) is 6.49. The summed E-state index contributed by atoms with van der Waals surface area (Å²) >= 11 is 0. The van der Waals surface area contributed by atoms with Crippen molar-refractivity contribution in [2.75, 3.05) is 6.54 Å². The van der Waals surface area contributed by atoms with Crippen LogP contribution in [0, 0.1) is 13.8 Å². The van der Waals surface area contributed by atoms with E-state index in [1.807, 2.05) is 30.5 Å². The molecule has 7 heteroatoms. The van der Waals surface area contributed by atoms with Gasteiger partial charge in [0.05, 0.1) is 23.0 Å². The highest BCUT2D eigenvalue weighted by molar-refractivity contribution is 5.95. The molecule has 0 atom stereocenters. The first kappa shape index (κ1) is 19.7. The topological polar surface area (TPSA) is 46.9 Å². The molecule has 2 aromatic heterocycles. The van der Waals surface area contributed by atoms with E-state index in [9.17, 15) is 18.0 Å². The molecule has 146 valence electrons. The number of benzene rings is 1. The molecule has 4 nitrogen and oxygen atoms in total. The summed E-state index contributed by atoms with van der Waals surface area (Å²) in [5, 5.41) is 2.72. The van der Waals surface area contributed by atoms with Gasteiger partial charge in [-0.2, -0.15) is 13.2 Å². The highest BCUT2D eigenvalue weighted by atomic mass is 19.4. The first-order chi connectivity index (χ1) is 13.3. The number of amides is 1. The van der Waals surface area contributed by atoms with Gasteiger partial charge in [-0.25, -0.2) is 0 Å². The molecule has 0 saturated heterocycles. The Morgan fingerprint density at radius 3 is 2.57 bits per heavy atom. The standard InChI is InChI=1S/C21H20F3N3O/c1-14-12-18(15(2)27(14)17-7-5-10-25-13-17)20(28)26-11-9-16-6-3-4-8-19(16)21(22,23)24/h3-8,10,12-13H,9,11H2,1-2H3,(H,26,28). The average molecular weight is 387 g/mol. The van der Waals surface area contributed by atoms with Crippen LogP contribution >= 0.6 is 0 Å². The van der Waals surface area contributed by atoms with E-state index in [2.05, 4.69) is 10.3 Å². The van der Waals surface area contributed by atoms with Gasteiger partial charge in [0.2, 0.25) is 0 Å². The Labute approximate surface area is 161 Å². The lowest BCUT2D eigenvalue weighted by atomic mass is 10.0. The summed E-state index contributed by atoms with van der Waals surface area (Å²) in [5.74, 6) is -0.312. The number of carbonyl (C=O) groups is 1. The molecule has 0 saturated carbocycles. The van der Waals surface area contributed by atoms with Crippen LogP contribution in [0.2, 0.25) is 0 Å². The zero-order valence-electron chi connectivity index (χ0n) is 15.5. The molecule has 0 aliphatic carbocycles. The zero-order chi connectivity index (χ0) is 20.3. The van der Waals surface area contributed by atoms with Crippen molar-refractivity contribution in [3.63, 3.8) is 0 Å². The van der Waals surface area contributed by atoms with E-state index in [0.29, 0.717) is 5.56 Å². The molecular weight excluding hydrogens is 367 g/mol. The monoisotopic (exact) mass is 387 g/mol. The van der Waals surface area contributed by atoms with E-state index in [1.165, 1.54) is 12.1 Å². The van der Waals surface area contributed by atoms with Gasteiger partial charge in [-0.3, -0.25) is 9.78 Å². The Morgan fingerprint density at radius 2 is 1.89 bits per heavy atom. The van der Waals surface area contributed by atoms with Gasteiger partial charge in [0.1, 0.15) is 0 Å². The summed E-state index contributed by atoms with van der Waals surface area (Å²) in [4.78, 5) is 16.7. The Kier molecular flexibility index (Phi) is 5.53. The SMILES string of the molecule is Cc1cc(C(=O)NCCc2ccccc2C(F)(F)F)c(C)n1-c1cccnc1. The van der Waals surface area contributed by atoms with Gasteiger partial charge in [0, 0.05) is 24.1 Å². The maximum atomic E-state index is 13.1. The van der Waals surface area contributed by atoms with Crippen molar-refractivity contribution in [3.8, 4) is 5.69 Å². The summed E-state index contributed by atoms with van der Waals surface area (Å²) in [7, 11) is 0. The van der Waals surface area contributed by atoms with Crippen molar-refractivity contribution in [3.05, 3.63) is 82.9 Å². The van der Waals surface area contributed by atoms with Gasteiger partial charge in [0.15, 0.2) is 0 Å². The molecule has 0 aliphatic heterocycles. The number of carbonyl (C=O) groups excluding carboxylic acids is 1. The molecule has 0 bridgehead atoms. The smallest absolute Gasteiger partial charge is 0.352 e. The summed E-state index contributed by atoms with van der Waals surface area (Å²) in [5.41, 5.74) is 2.45. The fraction of sp³-hybridized carbons (Fsp3) is 0.238. The number of nitrogens with zero attached hydrogens (tertiary/aromatic N) is 2. The van der Waals surface area contributed by atoms with Crippen LogP contribution < -0.4 is 5.32 Å². The summed E-state index contributed by atoms with van der Waals surface area (Å²) in [6.07, 6.45) is -0.933. The largest absolute Gasteiger partial charge is 0.416 e. The van der Waals surface area contributed by atoms with Crippen LogP contribution in [0.5, 0.6) is 0 Å². The highest BCUT2D eigenvalue weighted by Crippen LogP contribution is 2.31. The van der Waals surface area contributed by atoms with Gasteiger partial charge in [-0.05, 0) is 50.1 Å². The molecule has 0 radical (unpaired) electrons. The number of alkyl halides is 3. The maximum absolute atomic E-state index is 13.1. The quantitative estimate of drug-likeness (QED) is 0.702. The van der Waals surface area contributed by atoms with Gasteiger partial charge in [-0.1, -0.05) is 18.2 Å². The van der Waals surface area contributed by atoms with E-state index < -0.39 is 11.7 Å². The number of hydrogen-bond acceptors (Lipinski definition) is 2. The normalized spacial score (nSPS) is 11.5. The lowest BCUT2D eigenvalue weighted by molar-refractivity contribution is -0.138. The molecule has 1 aromatic carbocycles. The Hall–Kier alpha value is -3.09. The molecular formula is C21H20F3N3O. The molecule has 0 aliphatic rings. The molecule has 3 rings (SSSR count). The van der Waals surface area contributed by atoms with Gasteiger partial charge >= 0.3 is 6.18 Å². The average Bonchev–Trinajstić information content (AvgIpc) is 2.96. The number of aromatic nitrogens is 2. The third-order valence-electron chi connectivity index (χ3n) is 4.58. The molecule has 1 N–H and O–H groups in total. The number of rotatable bonds is 5. The minimum absolute atomic E-state index is 0.1000. The van der Waals surface area contributed by atoms with Crippen LogP contribution in [-0.2, 0) is 12.6 Å². The number of hydrogen-bond donors (Lipinski definition) is 1. The van der Waals surface area contributed by atoms with Gasteiger partial charge in [-0.15, -0.1) is 0 Å². The van der Waals surface area contributed by atoms with Crippen molar-refractivity contribution in [1.82, 2.24) is 14.9 Å². The third kappa shape index (κ3) is 4.08. The summed E-state index contributed by atoms with van der Waals surface area (Å²) < 4.78 is 41.1. The van der Waals surface area contributed by atoms with Crippen molar-refractivity contribution in [2.24, 2.45) is 0 Å². The van der Waals surface area contributed by atoms with Crippen LogP contribution in [0.25, 0.3) is 5.69 Å². The van der Waals surface area contributed by atoms with Crippen molar-refractivity contribution >= 4 is 5.91 Å². The maximum Gasteiger partial charge on any atom is 0.416 e. The number of halogens is 3. The molecule has 1 amide bonds. The van der Waals surface area contributed by atoms with Crippen LogP contribution in [0.15, 0.2) is 54.9 Å².